The molecule has 1 aliphatic heterocycles. The third-order valence-electron chi connectivity index (χ3n) is 5.33. The second-order valence-electron chi connectivity index (χ2n) is 7.48. The number of aromatic nitrogens is 1. The highest BCUT2D eigenvalue weighted by Gasteiger charge is 2.30. The maximum atomic E-state index is 13.7. The van der Waals surface area contributed by atoms with E-state index in [9.17, 15) is 9.59 Å². The smallest absolute Gasteiger partial charge is 0.273 e. The van der Waals surface area contributed by atoms with Crippen molar-refractivity contribution in [2.75, 3.05) is 25.1 Å². The van der Waals surface area contributed by atoms with E-state index in [0.717, 1.165) is 17.7 Å². The van der Waals surface area contributed by atoms with Gasteiger partial charge in [-0.1, -0.05) is 34.8 Å². The molecule has 1 aromatic heterocycles. The van der Waals surface area contributed by atoms with E-state index in [0.29, 0.717) is 45.4 Å². The van der Waals surface area contributed by atoms with E-state index in [4.69, 9.17) is 39.5 Å². The van der Waals surface area contributed by atoms with Crippen molar-refractivity contribution < 1.29 is 14.3 Å². The normalized spacial score (nSPS) is 13.3. The minimum atomic E-state index is -0.421. The van der Waals surface area contributed by atoms with Gasteiger partial charge in [0.15, 0.2) is 5.13 Å². The Bertz CT molecular complexity index is 1220. The van der Waals surface area contributed by atoms with Gasteiger partial charge in [-0.25, -0.2) is 4.98 Å². The molecule has 6 nitrogen and oxygen atoms in total. The summed E-state index contributed by atoms with van der Waals surface area (Å²) in [6.45, 7) is 3.25. The first-order valence-corrected chi connectivity index (χ1v) is 12.1. The van der Waals surface area contributed by atoms with Crippen LogP contribution in [0.5, 0.6) is 5.75 Å². The number of halogens is 3. The van der Waals surface area contributed by atoms with Crippen molar-refractivity contribution in [3.8, 4) is 5.75 Å². The monoisotopic (exact) mass is 523 g/mol. The topological polar surface area (TPSA) is 62.7 Å². The molecule has 1 saturated heterocycles. The van der Waals surface area contributed by atoms with Gasteiger partial charge in [-0.15, -0.1) is 11.3 Å². The molecule has 0 radical (unpaired) electrons. The lowest BCUT2D eigenvalue weighted by atomic mass is 10.2. The third-order valence-corrected chi connectivity index (χ3v) is 7.15. The molecule has 0 spiro atoms. The minimum Gasteiger partial charge on any atom is -0.495 e. The number of nitrogens with zero attached hydrogens (tertiary/aromatic N) is 3. The Morgan fingerprint density at radius 2 is 1.79 bits per heavy atom. The van der Waals surface area contributed by atoms with E-state index >= 15 is 0 Å². The van der Waals surface area contributed by atoms with E-state index in [1.165, 1.54) is 29.4 Å². The first-order chi connectivity index (χ1) is 15.8. The summed E-state index contributed by atoms with van der Waals surface area (Å²) in [4.78, 5) is 35.2. The Morgan fingerprint density at radius 1 is 1.06 bits per heavy atom. The fourth-order valence-electron chi connectivity index (χ4n) is 3.63. The predicted octanol–water partition coefficient (Wildman–Crippen LogP) is 6.63. The van der Waals surface area contributed by atoms with Crippen molar-refractivity contribution in [2.24, 2.45) is 0 Å². The maximum Gasteiger partial charge on any atom is 0.273 e. The van der Waals surface area contributed by atoms with Gasteiger partial charge in [0.2, 0.25) is 0 Å². The molecule has 2 heterocycles. The van der Waals surface area contributed by atoms with Gasteiger partial charge in [-0.05, 0) is 50.1 Å². The highest BCUT2D eigenvalue weighted by molar-refractivity contribution is 7.16. The lowest BCUT2D eigenvalue weighted by Crippen LogP contribution is -2.29. The number of carbonyl (C=O) groups excluding carboxylic acids is 2. The van der Waals surface area contributed by atoms with Gasteiger partial charge >= 0.3 is 0 Å². The van der Waals surface area contributed by atoms with Crippen LogP contribution in [0.3, 0.4) is 0 Å². The molecule has 2 amide bonds. The molecule has 2 aromatic carbocycles. The van der Waals surface area contributed by atoms with Crippen molar-refractivity contribution in [2.45, 2.75) is 19.8 Å². The number of benzene rings is 2. The van der Waals surface area contributed by atoms with Gasteiger partial charge < -0.3 is 9.64 Å². The van der Waals surface area contributed by atoms with E-state index < -0.39 is 5.91 Å². The average Bonchev–Trinajstić information content (AvgIpc) is 3.45. The standard InChI is InChI=1S/C23H20Cl3N3O3S/c1-13-20(22(31)28-9-3-4-10-28)27-23(33-13)29(15-6-8-17(25)19(12-15)32-2)21(30)16-7-5-14(24)11-18(16)26/h5-8,11-12H,3-4,9-10H2,1-2H3. The van der Waals surface area contributed by atoms with E-state index in [1.54, 1.807) is 35.2 Å². The SMILES string of the molecule is COc1cc(N(C(=O)c2ccc(Cl)cc2Cl)c2nc(C(=O)N3CCCC3)c(C)s2)ccc1Cl. The highest BCUT2D eigenvalue weighted by Crippen LogP contribution is 2.38. The van der Waals surface area contributed by atoms with Crippen LogP contribution >= 0.6 is 46.1 Å². The van der Waals surface area contributed by atoms with Crippen LogP contribution in [0.15, 0.2) is 36.4 Å². The Morgan fingerprint density at radius 3 is 2.45 bits per heavy atom. The summed E-state index contributed by atoms with van der Waals surface area (Å²) in [5.41, 5.74) is 1.06. The van der Waals surface area contributed by atoms with Gasteiger partial charge in [0, 0.05) is 29.1 Å². The van der Waals surface area contributed by atoms with Gasteiger partial charge in [-0.3, -0.25) is 14.5 Å². The second-order valence-corrected chi connectivity index (χ2v) is 9.92. The summed E-state index contributed by atoms with van der Waals surface area (Å²) in [5, 5.41) is 1.37. The fourth-order valence-corrected chi connectivity index (χ4v) is 5.24. The number of aryl methyl sites for hydroxylation is 1. The largest absolute Gasteiger partial charge is 0.495 e. The average molecular weight is 525 g/mol. The first-order valence-electron chi connectivity index (χ1n) is 10.2. The quantitative estimate of drug-likeness (QED) is 0.375. The molecule has 3 aromatic rings. The molecule has 4 rings (SSSR count). The number of carbonyl (C=O) groups is 2. The van der Waals surface area contributed by atoms with Crippen molar-refractivity contribution in [3.63, 3.8) is 0 Å². The second kappa shape index (κ2) is 9.89. The van der Waals surface area contributed by atoms with Crippen molar-refractivity contribution in [1.82, 2.24) is 9.88 Å². The summed E-state index contributed by atoms with van der Waals surface area (Å²) < 4.78 is 5.34. The molecule has 10 heteroatoms. The molecule has 0 saturated carbocycles. The molecule has 172 valence electrons. The Kier molecular flexibility index (Phi) is 7.14. The van der Waals surface area contributed by atoms with Gasteiger partial charge in [-0.2, -0.15) is 0 Å². The predicted molar refractivity (Wildman–Crippen MR) is 133 cm³/mol. The summed E-state index contributed by atoms with van der Waals surface area (Å²) in [6, 6.07) is 9.62. The molecule has 0 aliphatic carbocycles. The van der Waals surface area contributed by atoms with Crippen LogP contribution in [0.1, 0.15) is 38.6 Å². The summed E-state index contributed by atoms with van der Waals surface area (Å²) in [7, 11) is 1.49. The molecule has 0 N–H and O–H groups in total. The lowest BCUT2D eigenvalue weighted by molar-refractivity contribution is 0.0786. The van der Waals surface area contributed by atoms with Gasteiger partial charge in [0.25, 0.3) is 11.8 Å². The first kappa shape index (κ1) is 23.8. The Labute approximate surface area is 210 Å². The zero-order valence-electron chi connectivity index (χ0n) is 17.9. The van der Waals surface area contributed by atoms with E-state index in [1.807, 2.05) is 6.92 Å². The number of methoxy groups -OCH3 is 1. The van der Waals surface area contributed by atoms with Crippen LogP contribution in [0.4, 0.5) is 10.8 Å². The number of ether oxygens (including phenoxy) is 1. The van der Waals surface area contributed by atoms with Gasteiger partial charge in [0.1, 0.15) is 11.4 Å². The molecule has 1 fully saturated rings. The molecule has 1 aliphatic rings. The number of hydrogen-bond acceptors (Lipinski definition) is 5. The zero-order chi connectivity index (χ0) is 23.7. The van der Waals surface area contributed by atoms with Crippen molar-refractivity contribution >= 4 is 68.8 Å². The van der Waals surface area contributed by atoms with Crippen LogP contribution in [-0.2, 0) is 0 Å². The highest BCUT2D eigenvalue weighted by atomic mass is 35.5. The molecule has 0 bridgehead atoms. The maximum absolute atomic E-state index is 13.7. The van der Waals surface area contributed by atoms with Crippen LogP contribution in [-0.4, -0.2) is 41.9 Å². The number of anilines is 2. The van der Waals surface area contributed by atoms with Crippen LogP contribution in [0.2, 0.25) is 15.1 Å². The zero-order valence-corrected chi connectivity index (χ0v) is 21.0. The summed E-state index contributed by atoms with van der Waals surface area (Å²) in [6.07, 6.45) is 1.96. The van der Waals surface area contributed by atoms with Gasteiger partial charge in [0.05, 0.1) is 28.4 Å². The molecule has 0 unspecified atom stereocenters. The molecular weight excluding hydrogens is 505 g/mol. The van der Waals surface area contributed by atoms with Crippen molar-refractivity contribution in [3.05, 3.63) is 67.6 Å². The van der Waals surface area contributed by atoms with Crippen LogP contribution in [0, 0.1) is 6.92 Å². The number of likely N-dealkylation sites (tertiary alicyclic amines) is 1. The molecule has 0 atom stereocenters. The number of amides is 2. The fraction of sp³-hybridized carbons (Fsp3) is 0.261. The van der Waals surface area contributed by atoms with Crippen LogP contribution in [0.25, 0.3) is 0 Å². The molecular formula is C23H20Cl3N3O3S. The van der Waals surface area contributed by atoms with Crippen LogP contribution < -0.4 is 9.64 Å². The Hall–Kier alpha value is -2.32. The third kappa shape index (κ3) is 4.82. The van der Waals surface area contributed by atoms with E-state index in [-0.39, 0.29) is 16.5 Å². The molecule has 33 heavy (non-hydrogen) atoms. The number of thiazole rings is 1. The number of hydrogen-bond donors (Lipinski definition) is 0. The van der Waals surface area contributed by atoms with Crippen molar-refractivity contribution in [1.29, 1.82) is 0 Å². The minimum absolute atomic E-state index is 0.127. The number of rotatable bonds is 5. The van der Waals surface area contributed by atoms with E-state index in [2.05, 4.69) is 4.98 Å². The summed E-state index contributed by atoms with van der Waals surface area (Å²) >= 11 is 19.8. The lowest BCUT2D eigenvalue weighted by Gasteiger charge is -2.21. The summed E-state index contributed by atoms with van der Waals surface area (Å²) in [5.74, 6) is -0.149. The Balaban J connectivity index is 1.82.